The minimum absolute atomic E-state index is 0.267. The van der Waals surface area contributed by atoms with Gasteiger partial charge in [0.05, 0.1) is 12.1 Å². The summed E-state index contributed by atoms with van der Waals surface area (Å²) in [4.78, 5) is 12.3. The van der Waals surface area contributed by atoms with Crippen LogP contribution in [0.3, 0.4) is 0 Å². The number of benzene rings is 1. The van der Waals surface area contributed by atoms with E-state index in [1.54, 1.807) is 6.20 Å². The molecule has 0 aliphatic carbocycles. The van der Waals surface area contributed by atoms with Gasteiger partial charge in [0, 0.05) is 17.6 Å². The highest BCUT2D eigenvalue weighted by Gasteiger charge is 2.11. The number of pyridine rings is 1. The Labute approximate surface area is 121 Å². The highest BCUT2D eigenvalue weighted by Crippen LogP contribution is 2.31. The molecule has 106 valence electrons. The Balaban J connectivity index is 1.93. The van der Waals surface area contributed by atoms with Crippen LogP contribution >= 0.6 is 0 Å². The lowest BCUT2D eigenvalue weighted by molar-refractivity contribution is 0.325. The van der Waals surface area contributed by atoms with E-state index in [1.165, 1.54) is 6.33 Å². The van der Waals surface area contributed by atoms with E-state index in [-0.39, 0.29) is 11.6 Å². The van der Waals surface area contributed by atoms with Gasteiger partial charge in [-0.2, -0.15) is 9.97 Å². The molecular formula is C15H14N4O2. The van der Waals surface area contributed by atoms with Gasteiger partial charge in [-0.15, -0.1) is 0 Å². The van der Waals surface area contributed by atoms with Crippen molar-refractivity contribution in [1.29, 1.82) is 0 Å². The number of ether oxygens (including phenoxy) is 2. The predicted molar refractivity (Wildman–Crippen MR) is 79.4 cm³/mol. The normalized spacial score (nSPS) is 10.5. The second-order valence-corrected chi connectivity index (χ2v) is 4.29. The first kappa shape index (κ1) is 13.1. The molecule has 0 atom stereocenters. The lowest BCUT2D eigenvalue weighted by atomic mass is 10.2. The summed E-state index contributed by atoms with van der Waals surface area (Å²) in [7, 11) is 0. The zero-order chi connectivity index (χ0) is 14.7. The molecule has 2 N–H and O–H groups in total. The molecule has 1 aromatic carbocycles. The van der Waals surface area contributed by atoms with E-state index >= 15 is 0 Å². The maximum atomic E-state index is 5.94. The molecule has 0 unspecified atom stereocenters. The highest BCUT2D eigenvalue weighted by molar-refractivity contribution is 5.79. The molecule has 0 saturated heterocycles. The smallest absolute Gasteiger partial charge is 0.249 e. The summed E-state index contributed by atoms with van der Waals surface area (Å²) >= 11 is 0. The highest BCUT2D eigenvalue weighted by atomic mass is 16.5. The zero-order valence-corrected chi connectivity index (χ0v) is 11.5. The molecule has 0 radical (unpaired) electrons. The first-order valence-corrected chi connectivity index (χ1v) is 6.54. The average Bonchev–Trinajstić information content (AvgIpc) is 2.51. The van der Waals surface area contributed by atoms with Crippen molar-refractivity contribution in [2.75, 3.05) is 12.3 Å². The van der Waals surface area contributed by atoms with Gasteiger partial charge >= 0.3 is 0 Å². The topological polar surface area (TPSA) is 83.2 Å². The van der Waals surface area contributed by atoms with Crippen LogP contribution in [0.15, 0.2) is 42.9 Å². The monoisotopic (exact) mass is 282 g/mol. The summed E-state index contributed by atoms with van der Waals surface area (Å²) in [6.45, 7) is 2.33. The molecule has 3 rings (SSSR count). The first-order valence-electron chi connectivity index (χ1n) is 6.54. The van der Waals surface area contributed by atoms with Gasteiger partial charge in [-0.25, -0.2) is 0 Å². The molecule has 0 spiro atoms. The van der Waals surface area contributed by atoms with Crippen molar-refractivity contribution in [2.45, 2.75) is 6.92 Å². The standard InChI is InChI=1S/C15H14N4O2/c1-2-20-14-13(16)15(19-9-18-14)21-11-6-5-10-4-3-7-17-12(10)8-11/h3-9H,2,16H2,1H3. The third-order valence-electron chi connectivity index (χ3n) is 2.88. The summed E-state index contributed by atoms with van der Waals surface area (Å²) in [5.74, 6) is 1.19. The lowest BCUT2D eigenvalue weighted by Crippen LogP contribution is -2.02. The largest absolute Gasteiger partial charge is 0.476 e. The maximum Gasteiger partial charge on any atom is 0.249 e. The molecule has 0 saturated carbocycles. The van der Waals surface area contributed by atoms with Gasteiger partial charge in [-0.1, -0.05) is 6.07 Å². The fourth-order valence-electron chi connectivity index (χ4n) is 1.92. The molecule has 2 heterocycles. The number of rotatable bonds is 4. The van der Waals surface area contributed by atoms with Crippen LogP contribution in [0, 0.1) is 0 Å². The van der Waals surface area contributed by atoms with Gasteiger partial charge in [0.1, 0.15) is 12.1 Å². The molecule has 6 heteroatoms. The van der Waals surface area contributed by atoms with E-state index in [1.807, 2.05) is 37.3 Å². The molecule has 2 aromatic heterocycles. The van der Waals surface area contributed by atoms with Crippen molar-refractivity contribution in [3.63, 3.8) is 0 Å². The maximum absolute atomic E-state index is 5.94. The lowest BCUT2D eigenvalue weighted by Gasteiger charge is -2.10. The third-order valence-corrected chi connectivity index (χ3v) is 2.88. The van der Waals surface area contributed by atoms with Crippen LogP contribution in [0.2, 0.25) is 0 Å². The number of fused-ring (bicyclic) bond motifs is 1. The Bertz CT molecular complexity index is 776. The predicted octanol–water partition coefficient (Wildman–Crippen LogP) is 2.80. The van der Waals surface area contributed by atoms with Crippen molar-refractivity contribution in [3.05, 3.63) is 42.9 Å². The minimum Gasteiger partial charge on any atom is -0.476 e. The quantitative estimate of drug-likeness (QED) is 0.792. The second-order valence-electron chi connectivity index (χ2n) is 4.29. The summed E-state index contributed by atoms with van der Waals surface area (Å²) < 4.78 is 11.0. The van der Waals surface area contributed by atoms with Gasteiger partial charge in [-0.3, -0.25) is 4.98 Å². The minimum atomic E-state index is 0.267. The van der Waals surface area contributed by atoms with E-state index in [2.05, 4.69) is 15.0 Å². The number of hydrogen-bond donors (Lipinski definition) is 1. The number of nitrogen functional groups attached to an aromatic ring is 1. The molecule has 0 fully saturated rings. The molecule has 3 aromatic rings. The third kappa shape index (κ3) is 2.69. The molecular weight excluding hydrogens is 268 g/mol. The van der Waals surface area contributed by atoms with Gasteiger partial charge in [0.2, 0.25) is 11.8 Å². The summed E-state index contributed by atoms with van der Waals surface area (Å²) in [6, 6.07) is 9.47. The Hall–Kier alpha value is -2.89. The number of hydrogen-bond acceptors (Lipinski definition) is 6. The van der Waals surface area contributed by atoms with Gasteiger partial charge in [0.25, 0.3) is 0 Å². The van der Waals surface area contributed by atoms with Gasteiger partial charge in [-0.05, 0) is 25.1 Å². The van der Waals surface area contributed by atoms with Crippen molar-refractivity contribution in [1.82, 2.24) is 15.0 Å². The number of aromatic nitrogens is 3. The second kappa shape index (κ2) is 5.62. The van der Waals surface area contributed by atoms with Crippen molar-refractivity contribution < 1.29 is 9.47 Å². The average molecular weight is 282 g/mol. The van der Waals surface area contributed by atoms with E-state index in [0.717, 1.165) is 10.9 Å². The van der Waals surface area contributed by atoms with Crippen molar-refractivity contribution in [2.24, 2.45) is 0 Å². The van der Waals surface area contributed by atoms with Crippen molar-refractivity contribution >= 4 is 16.6 Å². The summed E-state index contributed by atoms with van der Waals surface area (Å²) in [6.07, 6.45) is 3.09. The zero-order valence-electron chi connectivity index (χ0n) is 11.5. The SMILES string of the molecule is CCOc1ncnc(Oc2ccc3cccnc3c2)c1N. The Morgan fingerprint density at radius 2 is 1.95 bits per heavy atom. The van der Waals surface area contributed by atoms with Crippen LogP contribution in [0.4, 0.5) is 5.69 Å². The molecule has 0 bridgehead atoms. The molecule has 0 aliphatic heterocycles. The fourth-order valence-corrected chi connectivity index (χ4v) is 1.92. The van der Waals surface area contributed by atoms with Crippen molar-refractivity contribution in [3.8, 4) is 17.5 Å². The van der Waals surface area contributed by atoms with E-state index in [4.69, 9.17) is 15.2 Å². The van der Waals surface area contributed by atoms with Gasteiger partial charge < -0.3 is 15.2 Å². The van der Waals surface area contributed by atoms with Crippen LogP contribution < -0.4 is 15.2 Å². The first-order chi connectivity index (χ1) is 10.3. The summed E-state index contributed by atoms with van der Waals surface area (Å²) in [5.41, 5.74) is 7.06. The van der Waals surface area contributed by atoms with E-state index in [0.29, 0.717) is 18.2 Å². The van der Waals surface area contributed by atoms with Crippen LogP contribution in [-0.2, 0) is 0 Å². The van der Waals surface area contributed by atoms with Crippen LogP contribution in [-0.4, -0.2) is 21.6 Å². The van der Waals surface area contributed by atoms with Gasteiger partial charge in [0.15, 0.2) is 5.69 Å². The molecule has 0 aliphatic rings. The van der Waals surface area contributed by atoms with Crippen LogP contribution in [0.1, 0.15) is 6.92 Å². The Morgan fingerprint density at radius 3 is 2.81 bits per heavy atom. The Morgan fingerprint density at radius 1 is 1.10 bits per heavy atom. The van der Waals surface area contributed by atoms with E-state index < -0.39 is 0 Å². The van der Waals surface area contributed by atoms with Crippen LogP contribution in [0.25, 0.3) is 10.9 Å². The molecule has 6 nitrogen and oxygen atoms in total. The molecule has 0 amide bonds. The number of anilines is 1. The van der Waals surface area contributed by atoms with Crippen LogP contribution in [0.5, 0.6) is 17.5 Å². The number of nitrogens with zero attached hydrogens (tertiary/aromatic N) is 3. The fraction of sp³-hybridized carbons (Fsp3) is 0.133. The number of nitrogens with two attached hydrogens (primary N) is 1. The molecule has 21 heavy (non-hydrogen) atoms. The Kier molecular flexibility index (Phi) is 3.51. The summed E-state index contributed by atoms with van der Waals surface area (Å²) in [5, 5.41) is 1.04. The van der Waals surface area contributed by atoms with E-state index in [9.17, 15) is 0 Å².